The minimum absolute atomic E-state index is 0.327. The van der Waals surface area contributed by atoms with Crippen LogP contribution < -0.4 is 5.32 Å². The summed E-state index contributed by atoms with van der Waals surface area (Å²) in [6.07, 6.45) is 2.86. The Morgan fingerprint density at radius 3 is 2.67 bits per heavy atom. The topological polar surface area (TPSA) is 50.9 Å². The number of nitrogens with one attached hydrogen (secondary N) is 1. The van der Waals surface area contributed by atoms with Crippen molar-refractivity contribution in [2.24, 2.45) is 5.92 Å². The molecule has 0 bridgehead atoms. The monoisotopic (exact) mass is 213 g/mol. The van der Waals surface area contributed by atoms with Crippen LogP contribution in [0.1, 0.15) is 33.6 Å². The Morgan fingerprint density at radius 2 is 2.20 bits per heavy atom. The minimum Gasteiger partial charge on any atom is -0.444 e. The Balaban J connectivity index is 1.67. The second kappa shape index (κ2) is 3.67. The molecule has 1 N–H and O–H groups in total. The SMILES string of the molecule is CC(C)(C)OC(=O)NC[C@H]1CC[C@H]2O[C@@H]12. The van der Waals surface area contributed by atoms with E-state index in [0.717, 1.165) is 12.8 Å². The number of carbonyl (C=O) groups excluding carboxylic acids is 1. The summed E-state index contributed by atoms with van der Waals surface area (Å²) in [6, 6.07) is 0. The first-order chi connectivity index (χ1) is 6.96. The van der Waals surface area contributed by atoms with E-state index in [2.05, 4.69) is 5.32 Å². The zero-order valence-electron chi connectivity index (χ0n) is 9.58. The molecule has 4 heteroatoms. The number of carbonyl (C=O) groups is 1. The first-order valence-electron chi connectivity index (χ1n) is 5.58. The van der Waals surface area contributed by atoms with Gasteiger partial charge >= 0.3 is 6.09 Å². The van der Waals surface area contributed by atoms with Gasteiger partial charge in [0.25, 0.3) is 0 Å². The van der Waals surface area contributed by atoms with Gasteiger partial charge in [0.05, 0.1) is 12.2 Å². The summed E-state index contributed by atoms with van der Waals surface area (Å²) in [5, 5.41) is 2.80. The van der Waals surface area contributed by atoms with Crippen LogP contribution in [0, 0.1) is 5.92 Å². The fourth-order valence-electron chi connectivity index (χ4n) is 2.09. The smallest absolute Gasteiger partial charge is 0.407 e. The normalized spacial score (nSPS) is 33.4. The summed E-state index contributed by atoms with van der Waals surface area (Å²) in [4.78, 5) is 11.4. The lowest BCUT2D eigenvalue weighted by atomic mass is 10.1. The number of ether oxygens (including phenoxy) is 2. The summed E-state index contributed by atoms with van der Waals surface area (Å²) < 4.78 is 10.6. The van der Waals surface area contributed by atoms with Gasteiger partial charge in [-0.05, 0) is 33.6 Å². The van der Waals surface area contributed by atoms with Crippen LogP contribution in [0.3, 0.4) is 0 Å². The van der Waals surface area contributed by atoms with Crippen molar-refractivity contribution in [3.8, 4) is 0 Å². The lowest BCUT2D eigenvalue weighted by Crippen LogP contribution is -2.35. The molecule has 15 heavy (non-hydrogen) atoms. The fraction of sp³-hybridized carbons (Fsp3) is 0.909. The van der Waals surface area contributed by atoms with Crippen molar-refractivity contribution in [1.82, 2.24) is 5.32 Å². The standard InChI is InChI=1S/C11H19NO3/c1-11(2,3)15-10(13)12-6-7-4-5-8-9(7)14-8/h7-9H,4-6H2,1-3H3,(H,12,13)/t7-,8-,9+/m1/s1. The van der Waals surface area contributed by atoms with Crippen molar-refractivity contribution >= 4 is 6.09 Å². The molecule has 1 heterocycles. The second-order valence-electron chi connectivity index (χ2n) is 5.36. The molecule has 1 aliphatic carbocycles. The number of alkyl carbamates (subject to hydrolysis) is 1. The first-order valence-corrected chi connectivity index (χ1v) is 5.58. The molecule has 0 aromatic rings. The van der Waals surface area contributed by atoms with Crippen LogP contribution in [-0.4, -0.2) is 30.4 Å². The van der Waals surface area contributed by atoms with Crippen molar-refractivity contribution < 1.29 is 14.3 Å². The third-order valence-electron chi connectivity index (χ3n) is 2.82. The average Bonchev–Trinajstić information content (AvgIpc) is 2.74. The molecule has 0 unspecified atom stereocenters. The Morgan fingerprint density at radius 1 is 1.47 bits per heavy atom. The van der Waals surface area contributed by atoms with Crippen LogP contribution in [0.15, 0.2) is 0 Å². The van der Waals surface area contributed by atoms with Crippen molar-refractivity contribution in [2.45, 2.75) is 51.4 Å². The number of fused-ring (bicyclic) bond motifs is 1. The number of hydrogen-bond donors (Lipinski definition) is 1. The van der Waals surface area contributed by atoms with E-state index in [1.165, 1.54) is 0 Å². The predicted molar refractivity (Wildman–Crippen MR) is 55.6 cm³/mol. The summed E-state index contributed by atoms with van der Waals surface area (Å²) in [6.45, 7) is 6.27. The van der Waals surface area contributed by atoms with E-state index in [4.69, 9.17) is 9.47 Å². The number of hydrogen-bond acceptors (Lipinski definition) is 3. The molecule has 86 valence electrons. The molecule has 4 nitrogen and oxygen atoms in total. The van der Waals surface area contributed by atoms with Crippen LogP contribution in [-0.2, 0) is 9.47 Å². The second-order valence-corrected chi connectivity index (χ2v) is 5.36. The molecule has 0 aromatic heterocycles. The van der Waals surface area contributed by atoms with Gasteiger partial charge in [0, 0.05) is 12.5 Å². The van der Waals surface area contributed by atoms with E-state index in [-0.39, 0.29) is 6.09 Å². The largest absolute Gasteiger partial charge is 0.444 e. The molecular formula is C11H19NO3. The van der Waals surface area contributed by atoms with Crippen LogP contribution >= 0.6 is 0 Å². The Kier molecular flexibility index (Phi) is 2.63. The summed E-state index contributed by atoms with van der Waals surface area (Å²) in [7, 11) is 0. The van der Waals surface area contributed by atoms with E-state index in [1.807, 2.05) is 20.8 Å². The van der Waals surface area contributed by atoms with Crippen LogP contribution in [0.5, 0.6) is 0 Å². The lowest BCUT2D eigenvalue weighted by Gasteiger charge is -2.20. The highest BCUT2D eigenvalue weighted by molar-refractivity contribution is 5.67. The van der Waals surface area contributed by atoms with Gasteiger partial charge in [-0.3, -0.25) is 0 Å². The molecular weight excluding hydrogens is 194 g/mol. The van der Waals surface area contributed by atoms with Gasteiger partial charge in [-0.2, -0.15) is 0 Å². The molecule has 1 saturated carbocycles. The summed E-state index contributed by atoms with van der Waals surface area (Å²) in [5.74, 6) is 0.488. The molecule has 2 fully saturated rings. The Bertz CT molecular complexity index is 259. The van der Waals surface area contributed by atoms with Gasteiger partial charge < -0.3 is 14.8 Å². The lowest BCUT2D eigenvalue weighted by molar-refractivity contribution is 0.0515. The van der Waals surface area contributed by atoms with Gasteiger partial charge in [-0.15, -0.1) is 0 Å². The summed E-state index contributed by atoms with van der Waals surface area (Å²) >= 11 is 0. The highest BCUT2D eigenvalue weighted by Gasteiger charge is 2.49. The average molecular weight is 213 g/mol. The molecule has 0 radical (unpaired) electrons. The minimum atomic E-state index is -0.418. The zero-order valence-corrected chi connectivity index (χ0v) is 9.58. The predicted octanol–water partition coefficient (Wildman–Crippen LogP) is 1.69. The Hall–Kier alpha value is -0.770. The number of epoxide rings is 1. The number of amides is 1. The molecule has 1 saturated heterocycles. The Labute approximate surface area is 90.3 Å². The quantitative estimate of drug-likeness (QED) is 0.710. The van der Waals surface area contributed by atoms with Crippen LogP contribution in [0.4, 0.5) is 4.79 Å². The molecule has 3 atom stereocenters. The van der Waals surface area contributed by atoms with E-state index < -0.39 is 5.60 Å². The van der Waals surface area contributed by atoms with Crippen molar-refractivity contribution in [1.29, 1.82) is 0 Å². The molecule has 1 aliphatic heterocycles. The van der Waals surface area contributed by atoms with Crippen molar-refractivity contribution in [2.75, 3.05) is 6.54 Å². The summed E-state index contributed by atoms with van der Waals surface area (Å²) in [5.41, 5.74) is -0.418. The maximum atomic E-state index is 11.4. The molecule has 0 spiro atoms. The maximum Gasteiger partial charge on any atom is 0.407 e. The van der Waals surface area contributed by atoms with Crippen LogP contribution in [0.25, 0.3) is 0 Å². The highest BCUT2D eigenvalue weighted by Crippen LogP contribution is 2.42. The van der Waals surface area contributed by atoms with E-state index in [1.54, 1.807) is 0 Å². The van der Waals surface area contributed by atoms with E-state index >= 15 is 0 Å². The first kappa shape index (κ1) is 10.7. The molecule has 2 rings (SSSR count). The van der Waals surface area contributed by atoms with Gasteiger partial charge in [-0.1, -0.05) is 0 Å². The number of rotatable bonds is 2. The zero-order chi connectivity index (χ0) is 11.1. The van der Waals surface area contributed by atoms with Crippen molar-refractivity contribution in [3.63, 3.8) is 0 Å². The van der Waals surface area contributed by atoms with Gasteiger partial charge in [0.1, 0.15) is 5.60 Å². The fourth-order valence-corrected chi connectivity index (χ4v) is 2.09. The van der Waals surface area contributed by atoms with Gasteiger partial charge in [0.2, 0.25) is 0 Å². The van der Waals surface area contributed by atoms with E-state index in [9.17, 15) is 4.79 Å². The van der Waals surface area contributed by atoms with Gasteiger partial charge in [0.15, 0.2) is 0 Å². The van der Waals surface area contributed by atoms with E-state index in [0.29, 0.717) is 24.7 Å². The third kappa shape index (κ3) is 2.84. The molecule has 2 aliphatic rings. The molecule has 0 aromatic carbocycles. The van der Waals surface area contributed by atoms with Crippen LogP contribution in [0.2, 0.25) is 0 Å². The maximum absolute atomic E-state index is 11.4. The van der Waals surface area contributed by atoms with Crippen molar-refractivity contribution in [3.05, 3.63) is 0 Å². The highest BCUT2D eigenvalue weighted by atomic mass is 16.6. The van der Waals surface area contributed by atoms with Gasteiger partial charge in [-0.25, -0.2) is 4.79 Å². The third-order valence-corrected chi connectivity index (χ3v) is 2.82. The molecule has 1 amide bonds.